The zero-order valence-electron chi connectivity index (χ0n) is 10.6. The van der Waals surface area contributed by atoms with Gasteiger partial charge in [-0.2, -0.15) is 0 Å². The molecule has 0 saturated carbocycles. The van der Waals surface area contributed by atoms with Gasteiger partial charge in [-0.25, -0.2) is 13.6 Å². The van der Waals surface area contributed by atoms with Crippen LogP contribution in [0.5, 0.6) is 0 Å². The van der Waals surface area contributed by atoms with Crippen molar-refractivity contribution in [2.24, 2.45) is 0 Å². The van der Waals surface area contributed by atoms with Gasteiger partial charge in [-0.1, -0.05) is 18.2 Å². The Morgan fingerprint density at radius 1 is 1.10 bits per heavy atom. The van der Waals surface area contributed by atoms with Crippen LogP contribution in [0.4, 0.5) is 8.78 Å². The number of carboxylic acid groups (broad SMARTS) is 1. The molecule has 0 saturated heterocycles. The highest BCUT2D eigenvalue weighted by Gasteiger charge is 2.05. The fourth-order valence-electron chi connectivity index (χ4n) is 1.82. The van der Waals surface area contributed by atoms with Crippen LogP contribution in [-0.4, -0.2) is 11.1 Å². The molecule has 0 aliphatic rings. The summed E-state index contributed by atoms with van der Waals surface area (Å²) >= 11 is 0. The molecular formula is C15H13F2NO2. The molecule has 0 unspecified atom stereocenters. The number of rotatable bonds is 5. The molecule has 0 fully saturated rings. The molecule has 2 aromatic carbocycles. The largest absolute Gasteiger partial charge is 0.478 e. The number of halogens is 2. The topological polar surface area (TPSA) is 49.3 Å². The summed E-state index contributed by atoms with van der Waals surface area (Å²) in [6.45, 7) is 0.640. The summed E-state index contributed by atoms with van der Waals surface area (Å²) < 4.78 is 26.1. The zero-order chi connectivity index (χ0) is 14.5. The van der Waals surface area contributed by atoms with E-state index in [1.807, 2.05) is 0 Å². The van der Waals surface area contributed by atoms with E-state index in [-0.39, 0.29) is 12.1 Å². The van der Waals surface area contributed by atoms with Crippen LogP contribution >= 0.6 is 0 Å². The van der Waals surface area contributed by atoms with Gasteiger partial charge in [0.25, 0.3) is 0 Å². The minimum absolute atomic E-state index is 0.206. The molecule has 0 aliphatic carbocycles. The van der Waals surface area contributed by atoms with Gasteiger partial charge in [0.15, 0.2) is 0 Å². The molecule has 0 atom stereocenters. The Bertz CT molecular complexity index is 629. The van der Waals surface area contributed by atoms with Gasteiger partial charge in [-0.15, -0.1) is 0 Å². The maximum atomic E-state index is 13.4. The molecule has 0 amide bonds. The standard InChI is InChI=1S/C15H13F2NO2/c16-13-5-4-12(14(17)7-13)9-18-8-10-2-1-3-11(6-10)15(19)20/h1-7,18H,8-9H2,(H,19,20). The van der Waals surface area contributed by atoms with E-state index in [1.54, 1.807) is 18.2 Å². The monoisotopic (exact) mass is 277 g/mol. The molecule has 2 N–H and O–H groups in total. The quantitative estimate of drug-likeness (QED) is 0.883. The minimum Gasteiger partial charge on any atom is -0.478 e. The molecule has 2 aromatic rings. The number of benzene rings is 2. The van der Waals surface area contributed by atoms with Crippen molar-refractivity contribution >= 4 is 5.97 Å². The predicted octanol–water partition coefficient (Wildman–Crippen LogP) is 2.95. The van der Waals surface area contributed by atoms with Gasteiger partial charge in [0.05, 0.1) is 5.56 Å². The summed E-state index contributed by atoms with van der Waals surface area (Å²) in [6, 6.07) is 9.90. The number of hydrogen-bond acceptors (Lipinski definition) is 2. The Morgan fingerprint density at radius 3 is 2.60 bits per heavy atom. The van der Waals surface area contributed by atoms with E-state index in [1.165, 1.54) is 18.2 Å². The number of carboxylic acids is 1. The highest BCUT2D eigenvalue weighted by atomic mass is 19.1. The molecule has 5 heteroatoms. The molecule has 0 heterocycles. The van der Waals surface area contributed by atoms with E-state index < -0.39 is 17.6 Å². The van der Waals surface area contributed by atoms with Crippen LogP contribution in [0.1, 0.15) is 21.5 Å². The first-order chi connectivity index (χ1) is 9.56. The molecule has 0 aliphatic heterocycles. The average Bonchev–Trinajstić information content (AvgIpc) is 2.41. The van der Waals surface area contributed by atoms with E-state index in [4.69, 9.17) is 5.11 Å². The van der Waals surface area contributed by atoms with Crippen molar-refractivity contribution in [1.29, 1.82) is 0 Å². The second-order valence-corrected chi connectivity index (χ2v) is 4.34. The third-order valence-corrected chi connectivity index (χ3v) is 2.83. The van der Waals surface area contributed by atoms with E-state index >= 15 is 0 Å². The van der Waals surface area contributed by atoms with Crippen LogP contribution in [-0.2, 0) is 13.1 Å². The molecule has 3 nitrogen and oxygen atoms in total. The molecule has 0 aromatic heterocycles. The molecule has 0 bridgehead atoms. The average molecular weight is 277 g/mol. The maximum Gasteiger partial charge on any atom is 0.335 e. The normalized spacial score (nSPS) is 10.5. The van der Waals surface area contributed by atoms with Crippen LogP contribution < -0.4 is 5.32 Å². The minimum atomic E-state index is -0.989. The predicted molar refractivity (Wildman–Crippen MR) is 70.3 cm³/mol. The van der Waals surface area contributed by atoms with Gasteiger partial charge >= 0.3 is 5.97 Å². The lowest BCUT2D eigenvalue weighted by molar-refractivity contribution is 0.0696. The maximum absolute atomic E-state index is 13.4. The van der Waals surface area contributed by atoms with Crippen molar-refractivity contribution in [3.05, 3.63) is 70.8 Å². The first-order valence-electron chi connectivity index (χ1n) is 6.03. The number of aromatic carboxylic acids is 1. The van der Waals surface area contributed by atoms with Crippen molar-refractivity contribution in [3.63, 3.8) is 0 Å². The van der Waals surface area contributed by atoms with Gasteiger partial charge in [0.2, 0.25) is 0 Å². The summed E-state index contributed by atoms with van der Waals surface area (Å²) in [7, 11) is 0. The summed E-state index contributed by atoms with van der Waals surface area (Å²) in [6.07, 6.45) is 0. The number of hydrogen-bond donors (Lipinski definition) is 2. The van der Waals surface area contributed by atoms with Crippen LogP contribution in [0.3, 0.4) is 0 Å². The summed E-state index contributed by atoms with van der Waals surface area (Å²) in [5.41, 5.74) is 1.35. The SMILES string of the molecule is O=C(O)c1cccc(CNCc2ccc(F)cc2F)c1. The molecule has 0 spiro atoms. The van der Waals surface area contributed by atoms with Crippen molar-refractivity contribution in [3.8, 4) is 0 Å². The Hall–Kier alpha value is -2.27. The van der Waals surface area contributed by atoms with E-state index in [0.29, 0.717) is 12.1 Å². The van der Waals surface area contributed by atoms with Gasteiger partial charge in [-0.3, -0.25) is 0 Å². The fourth-order valence-corrected chi connectivity index (χ4v) is 1.82. The van der Waals surface area contributed by atoms with Crippen LogP contribution in [0.15, 0.2) is 42.5 Å². The lowest BCUT2D eigenvalue weighted by atomic mass is 10.1. The molecule has 20 heavy (non-hydrogen) atoms. The summed E-state index contributed by atoms with van der Waals surface area (Å²) in [5.74, 6) is -2.20. The molecule has 104 valence electrons. The Kier molecular flexibility index (Phi) is 4.42. The highest BCUT2D eigenvalue weighted by molar-refractivity contribution is 5.87. The van der Waals surface area contributed by atoms with E-state index in [9.17, 15) is 13.6 Å². The zero-order valence-corrected chi connectivity index (χ0v) is 10.6. The summed E-state index contributed by atoms with van der Waals surface area (Å²) in [4.78, 5) is 10.8. The van der Waals surface area contributed by atoms with Crippen molar-refractivity contribution in [2.75, 3.05) is 0 Å². The second-order valence-electron chi connectivity index (χ2n) is 4.34. The van der Waals surface area contributed by atoms with Gasteiger partial charge < -0.3 is 10.4 Å². The van der Waals surface area contributed by atoms with Crippen LogP contribution in [0.25, 0.3) is 0 Å². The smallest absolute Gasteiger partial charge is 0.335 e. The van der Waals surface area contributed by atoms with Gasteiger partial charge in [0, 0.05) is 24.7 Å². The van der Waals surface area contributed by atoms with Gasteiger partial charge in [-0.05, 0) is 23.8 Å². The van der Waals surface area contributed by atoms with Crippen molar-refractivity contribution < 1.29 is 18.7 Å². The lowest BCUT2D eigenvalue weighted by Gasteiger charge is -2.07. The van der Waals surface area contributed by atoms with Crippen LogP contribution in [0, 0.1) is 11.6 Å². The Balaban J connectivity index is 1.96. The van der Waals surface area contributed by atoms with Gasteiger partial charge in [0.1, 0.15) is 11.6 Å². The first-order valence-corrected chi connectivity index (χ1v) is 6.03. The fraction of sp³-hybridized carbons (Fsp3) is 0.133. The first kappa shape index (κ1) is 14.1. The van der Waals surface area contributed by atoms with Crippen molar-refractivity contribution in [1.82, 2.24) is 5.32 Å². The Labute approximate surface area is 114 Å². The van der Waals surface area contributed by atoms with Crippen molar-refractivity contribution in [2.45, 2.75) is 13.1 Å². The number of carbonyl (C=O) groups is 1. The van der Waals surface area contributed by atoms with E-state index in [0.717, 1.165) is 11.6 Å². The highest BCUT2D eigenvalue weighted by Crippen LogP contribution is 2.10. The molecular weight excluding hydrogens is 264 g/mol. The molecule has 2 rings (SSSR count). The third kappa shape index (κ3) is 3.61. The lowest BCUT2D eigenvalue weighted by Crippen LogP contribution is -2.14. The molecule has 0 radical (unpaired) electrons. The van der Waals surface area contributed by atoms with Crippen LogP contribution in [0.2, 0.25) is 0 Å². The summed E-state index contributed by atoms with van der Waals surface area (Å²) in [5, 5.41) is 11.9. The second kappa shape index (κ2) is 6.25. The third-order valence-electron chi connectivity index (χ3n) is 2.83. The van der Waals surface area contributed by atoms with E-state index in [2.05, 4.69) is 5.32 Å². The number of nitrogens with one attached hydrogen (secondary N) is 1. The Morgan fingerprint density at radius 2 is 1.90 bits per heavy atom.